The zero-order valence-electron chi connectivity index (χ0n) is 16.9. The lowest BCUT2D eigenvalue weighted by molar-refractivity contribution is -0.125. The maximum absolute atomic E-state index is 12.7. The van der Waals surface area contributed by atoms with Gasteiger partial charge < -0.3 is 11.1 Å². The Morgan fingerprint density at radius 1 is 0.900 bits per heavy atom. The van der Waals surface area contributed by atoms with Gasteiger partial charge in [0.25, 0.3) is 5.91 Å². The molecule has 3 aromatic carbocycles. The molecule has 3 N–H and O–H groups in total. The number of rotatable bonds is 7. The van der Waals surface area contributed by atoms with E-state index in [4.69, 9.17) is 5.73 Å². The molecule has 0 unspecified atom stereocenters. The number of benzene rings is 3. The number of nitrogens with two attached hydrogens (primary N) is 1. The van der Waals surface area contributed by atoms with Crippen molar-refractivity contribution in [1.82, 2.24) is 0 Å². The van der Waals surface area contributed by atoms with Crippen molar-refractivity contribution in [1.29, 1.82) is 0 Å². The summed E-state index contributed by atoms with van der Waals surface area (Å²) in [7, 11) is 0. The second-order valence-electron chi connectivity index (χ2n) is 7.91. The Morgan fingerprint density at radius 3 is 2.30 bits per heavy atom. The summed E-state index contributed by atoms with van der Waals surface area (Å²) in [4.78, 5) is 24.8. The van der Waals surface area contributed by atoms with Gasteiger partial charge in [-0.05, 0) is 60.2 Å². The van der Waals surface area contributed by atoms with Crippen molar-refractivity contribution in [3.8, 4) is 11.1 Å². The van der Waals surface area contributed by atoms with Crippen LogP contribution in [0.2, 0.25) is 0 Å². The average Bonchev–Trinajstić information content (AvgIpc) is 2.73. The summed E-state index contributed by atoms with van der Waals surface area (Å²) in [6.07, 6.45) is 4.58. The van der Waals surface area contributed by atoms with Gasteiger partial charge in [-0.25, -0.2) is 0 Å². The van der Waals surface area contributed by atoms with Gasteiger partial charge in [0.1, 0.15) is 5.78 Å². The minimum absolute atomic E-state index is 0.205. The van der Waals surface area contributed by atoms with E-state index in [-0.39, 0.29) is 11.8 Å². The SMILES string of the molecule is Nc1ccc(-c2ccccc2)cc1NC(=O)c1ccc(CCC(=O)C2CCC2)cc1. The molecule has 4 nitrogen and oxygen atoms in total. The maximum atomic E-state index is 12.7. The third kappa shape index (κ3) is 4.60. The van der Waals surface area contributed by atoms with Crippen LogP contribution in [0.15, 0.2) is 72.8 Å². The standard InChI is InChI=1S/C26H26N2O2/c27-23-15-14-22(19-5-2-1-3-6-19)17-24(23)28-26(30)21-12-9-18(10-13-21)11-16-25(29)20-7-4-8-20/h1-3,5-6,9-10,12-15,17,20H,4,7-8,11,16,27H2,(H,28,30). The Bertz CT molecular complexity index is 1040. The fourth-order valence-corrected chi connectivity index (χ4v) is 3.69. The number of aryl methyl sites for hydroxylation is 1. The number of Topliss-reactive ketones (excluding diaryl/α,β-unsaturated/α-hetero) is 1. The maximum Gasteiger partial charge on any atom is 0.255 e. The zero-order chi connectivity index (χ0) is 20.9. The molecule has 0 aromatic heterocycles. The lowest BCUT2D eigenvalue weighted by atomic mass is 9.80. The molecule has 0 aliphatic heterocycles. The summed E-state index contributed by atoms with van der Waals surface area (Å²) in [5, 5.41) is 2.92. The molecule has 152 valence electrons. The molecule has 0 spiro atoms. The highest BCUT2D eigenvalue weighted by molar-refractivity contribution is 6.06. The summed E-state index contributed by atoms with van der Waals surface area (Å²) < 4.78 is 0. The minimum Gasteiger partial charge on any atom is -0.397 e. The molecule has 1 aliphatic carbocycles. The highest BCUT2D eigenvalue weighted by Crippen LogP contribution is 2.29. The molecule has 1 fully saturated rings. The Balaban J connectivity index is 1.40. The van der Waals surface area contributed by atoms with Crippen molar-refractivity contribution in [2.24, 2.45) is 5.92 Å². The van der Waals surface area contributed by atoms with Crippen molar-refractivity contribution < 1.29 is 9.59 Å². The lowest BCUT2D eigenvalue weighted by Gasteiger charge is -2.23. The number of hydrogen-bond acceptors (Lipinski definition) is 3. The van der Waals surface area contributed by atoms with Crippen LogP contribution in [0.3, 0.4) is 0 Å². The first-order chi connectivity index (χ1) is 14.6. The van der Waals surface area contributed by atoms with E-state index in [1.165, 1.54) is 6.42 Å². The van der Waals surface area contributed by atoms with Crippen LogP contribution in [-0.2, 0) is 11.2 Å². The van der Waals surface area contributed by atoms with Crippen LogP contribution >= 0.6 is 0 Å². The molecule has 30 heavy (non-hydrogen) atoms. The molecule has 1 aliphatic rings. The first-order valence-electron chi connectivity index (χ1n) is 10.5. The first-order valence-corrected chi connectivity index (χ1v) is 10.5. The molecule has 1 amide bonds. The Hall–Kier alpha value is -3.40. The predicted molar refractivity (Wildman–Crippen MR) is 121 cm³/mol. The van der Waals surface area contributed by atoms with E-state index >= 15 is 0 Å². The normalized spacial score (nSPS) is 13.5. The van der Waals surface area contributed by atoms with Gasteiger partial charge in [0.2, 0.25) is 0 Å². The van der Waals surface area contributed by atoms with E-state index in [1.807, 2.05) is 54.6 Å². The Labute approximate surface area is 177 Å². The second kappa shape index (κ2) is 8.95. The molecule has 0 atom stereocenters. The van der Waals surface area contributed by atoms with Crippen LogP contribution < -0.4 is 11.1 Å². The summed E-state index contributed by atoms with van der Waals surface area (Å²) in [6, 6.07) is 23.1. The Kier molecular flexibility index (Phi) is 5.94. The van der Waals surface area contributed by atoms with Crippen LogP contribution in [0.4, 0.5) is 11.4 Å². The van der Waals surface area contributed by atoms with Gasteiger partial charge >= 0.3 is 0 Å². The van der Waals surface area contributed by atoms with Crippen LogP contribution in [0.1, 0.15) is 41.6 Å². The number of amides is 1. The summed E-state index contributed by atoms with van der Waals surface area (Å²) in [5.41, 5.74) is 10.9. The quantitative estimate of drug-likeness (QED) is 0.517. The van der Waals surface area contributed by atoms with E-state index in [1.54, 1.807) is 18.2 Å². The molecule has 0 radical (unpaired) electrons. The van der Waals surface area contributed by atoms with Crippen molar-refractivity contribution in [2.75, 3.05) is 11.1 Å². The number of nitrogen functional groups attached to an aromatic ring is 1. The molecular formula is C26H26N2O2. The molecule has 1 saturated carbocycles. The van der Waals surface area contributed by atoms with Gasteiger partial charge in [-0.1, -0.05) is 55.0 Å². The topological polar surface area (TPSA) is 72.2 Å². The minimum atomic E-state index is -0.205. The van der Waals surface area contributed by atoms with Crippen molar-refractivity contribution in [2.45, 2.75) is 32.1 Å². The zero-order valence-corrected chi connectivity index (χ0v) is 16.9. The van der Waals surface area contributed by atoms with E-state index in [0.29, 0.717) is 29.1 Å². The molecule has 0 bridgehead atoms. The van der Waals surface area contributed by atoms with Crippen molar-refractivity contribution in [3.05, 3.63) is 83.9 Å². The summed E-state index contributed by atoms with van der Waals surface area (Å²) in [6.45, 7) is 0. The van der Waals surface area contributed by atoms with Crippen molar-refractivity contribution in [3.63, 3.8) is 0 Å². The van der Waals surface area contributed by atoms with Gasteiger partial charge in [0, 0.05) is 17.9 Å². The van der Waals surface area contributed by atoms with Gasteiger partial charge in [0.15, 0.2) is 0 Å². The number of hydrogen-bond donors (Lipinski definition) is 2. The van der Waals surface area contributed by atoms with Crippen LogP contribution in [-0.4, -0.2) is 11.7 Å². The molecule has 3 aromatic rings. The van der Waals surface area contributed by atoms with E-state index in [9.17, 15) is 9.59 Å². The summed E-state index contributed by atoms with van der Waals surface area (Å²) >= 11 is 0. The van der Waals surface area contributed by atoms with Gasteiger partial charge in [-0.3, -0.25) is 9.59 Å². The van der Waals surface area contributed by atoms with Crippen LogP contribution in [0.25, 0.3) is 11.1 Å². The van der Waals surface area contributed by atoms with Crippen LogP contribution in [0.5, 0.6) is 0 Å². The number of ketones is 1. The third-order valence-corrected chi connectivity index (χ3v) is 5.85. The highest BCUT2D eigenvalue weighted by Gasteiger charge is 2.24. The average molecular weight is 399 g/mol. The predicted octanol–water partition coefficient (Wildman–Crippen LogP) is 5.49. The third-order valence-electron chi connectivity index (χ3n) is 5.85. The highest BCUT2D eigenvalue weighted by atomic mass is 16.1. The molecule has 0 saturated heterocycles. The number of carbonyl (C=O) groups excluding carboxylic acids is 2. The van der Waals surface area contributed by atoms with E-state index in [2.05, 4.69) is 5.32 Å². The van der Waals surface area contributed by atoms with Crippen LogP contribution in [0, 0.1) is 5.92 Å². The lowest BCUT2D eigenvalue weighted by Crippen LogP contribution is -2.22. The van der Waals surface area contributed by atoms with Gasteiger partial charge in [0.05, 0.1) is 11.4 Å². The molecule has 4 heteroatoms. The smallest absolute Gasteiger partial charge is 0.255 e. The number of nitrogens with one attached hydrogen (secondary N) is 1. The fourth-order valence-electron chi connectivity index (χ4n) is 3.69. The number of carbonyl (C=O) groups is 2. The summed E-state index contributed by atoms with van der Waals surface area (Å²) in [5.74, 6) is 0.452. The number of anilines is 2. The monoisotopic (exact) mass is 398 g/mol. The molecule has 4 rings (SSSR count). The molecular weight excluding hydrogens is 372 g/mol. The van der Waals surface area contributed by atoms with Gasteiger partial charge in [-0.2, -0.15) is 0 Å². The second-order valence-corrected chi connectivity index (χ2v) is 7.91. The molecule has 0 heterocycles. The first kappa shape index (κ1) is 19.9. The van der Waals surface area contributed by atoms with Gasteiger partial charge in [-0.15, -0.1) is 0 Å². The largest absolute Gasteiger partial charge is 0.397 e. The Morgan fingerprint density at radius 2 is 1.63 bits per heavy atom. The van der Waals surface area contributed by atoms with Crippen molar-refractivity contribution >= 4 is 23.1 Å². The van der Waals surface area contributed by atoms with E-state index in [0.717, 1.165) is 36.0 Å². The van der Waals surface area contributed by atoms with E-state index < -0.39 is 0 Å². The fraction of sp³-hybridized carbons (Fsp3) is 0.231.